The van der Waals surface area contributed by atoms with Gasteiger partial charge in [0.05, 0.1) is 6.61 Å². The molecule has 2 nitrogen and oxygen atoms in total. The van der Waals surface area contributed by atoms with Crippen LogP contribution >= 0.6 is 22.6 Å². The van der Waals surface area contributed by atoms with Gasteiger partial charge in [0.1, 0.15) is 0 Å². The van der Waals surface area contributed by atoms with Gasteiger partial charge >= 0.3 is 0 Å². The van der Waals surface area contributed by atoms with Gasteiger partial charge in [0.25, 0.3) is 0 Å². The molecule has 1 N–H and O–H groups in total. The summed E-state index contributed by atoms with van der Waals surface area (Å²) in [5, 5.41) is 3.47. The van der Waals surface area contributed by atoms with E-state index < -0.39 is 0 Å². The Morgan fingerprint density at radius 3 is 2.73 bits per heavy atom. The Morgan fingerprint density at radius 2 is 2.20 bits per heavy atom. The largest absolute Gasteiger partial charge is 0.383 e. The first-order chi connectivity index (χ1) is 7.17. The molecular weight excluding hydrogens is 301 g/mol. The summed E-state index contributed by atoms with van der Waals surface area (Å²) in [4.78, 5) is 0. The van der Waals surface area contributed by atoms with Crippen molar-refractivity contribution < 1.29 is 4.74 Å². The number of methoxy groups -OCH3 is 1. The fourth-order valence-corrected chi connectivity index (χ4v) is 1.90. The van der Waals surface area contributed by atoms with E-state index >= 15 is 0 Å². The van der Waals surface area contributed by atoms with Gasteiger partial charge in [-0.25, -0.2) is 0 Å². The lowest BCUT2D eigenvalue weighted by Gasteiger charge is -2.17. The molecule has 0 spiro atoms. The van der Waals surface area contributed by atoms with Crippen LogP contribution in [0.25, 0.3) is 0 Å². The van der Waals surface area contributed by atoms with E-state index in [4.69, 9.17) is 4.74 Å². The van der Waals surface area contributed by atoms with Gasteiger partial charge < -0.3 is 10.1 Å². The number of anilines is 1. The fourth-order valence-electron chi connectivity index (χ4n) is 1.38. The van der Waals surface area contributed by atoms with Gasteiger partial charge in [0.2, 0.25) is 0 Å². The SMILES string of the molecule is CCC(COC)Nc1ccc(C)c(I)c1. The Hall–Kier alpha value is -0.290. The van der Waals surface area contributed by atoms with Crippen LogP contribution in [-0.2, 0) is 4.74 Å². The fraction of sp³-hybridized carbons (Fsp3) is 0.500. The summed E-state index contributed by atoms with van der Waals surface area (Å²) in [6.45, 7) is 5.04. The molecule has 15 heavy (non-hydrogen) atoms. The standard InChI is InChI=1S/C12H18INO/c1-4-10(8-15-3)14-11-6-5-9(2)12(13)7-11/h5-7,10,14H,4,8H2,1-3H3. The zero-order valence-corrected chi connectivity index (χ0v) is 11.7. The number of nitrogens with one attached hydrogen (secondary N) is 1. The molecular formula is C12H18INO. The zero-order chi connectivity index (χ0) is 11.3. The maximum absolute atomic E-state index is 5.16. The Bertz CT molecular complexity index is 314. The van der Waals surface area contributed by atoms with Crippen molar-refractivity contribution in [2.24, 2.45) is 0 Å². The molecule has 0 heterocycles. The van der Waals surface area contributed by atoms with Gasteiger partial charge in [-0.1, -0.05) is 13.0 Å². The summed E-state index contributed by atoms with van der Waals surface area (Å²) < 4.78 is 6.45. The highest BCUT2D eigenvalue weighted by Crippen LogP contribution is 2.18. The molecule has 1 unspecified atom stereocenters. The van der Waals surface area contributed by atoms with Crippen LogP contribution < -0.4 is 5.32 Å². The maximum atomic E-state index is 5.16. The lowest BCUT2D eigenvalue weighted by atomic mass is 10.2. The van der Waals surface area contributed by atoms with Crippen LogP contribution in [0.5, 0.6) is 0 Å². The van der Waals surface area contributed by atoms with Gasteiger partial charge in [-0.3, -0.25) is 0 Å². The van der Waals surface area contributed by atoms with E-state index in [1.807, 2.05) is 0 Å². The van der Waals surface area contributed by atoms with E-state index in [1.54, 1.807) is 7.11 Å². The zero-order valence-electron chi connectivity index (χ0n) is 9.51. The average molecular weight is 319 g/mol. The number of ether oxygens (including phenoxy) is 1. The summed E-state index contributed by atoms with van der Waals surface area (Å²) in [7, 11) is 1.74. The molecule has 1 atom stereocenters. The molecule has 84 valence electrons. The molecule has 0 aliphatic rings. The smallest absolute Gasteiger partial charge is 0.0663 e. The van der Waals surface area contributed by atoms with Crippen molar-refractivity contribution in [1.82, 2.24) is 0 Å². The molecule has 1 aromatic rings. The molecule has 0 aliphatic heterocycles. The molecule has 0 aromatic heterocycles. The number of hydrogen-bond acceptors (Lipinski definition) is 2. The first-order valence-electron chi connectivity index (χ1n) is 5.19. The number of aryl methyl sites for hydroxylation is 1. The summed E-state index contributed by atoms with van der Waals surface area (Å²) in [6.07, 6.45) is 1.07. The quantitative estimate of drug-likeness (QED) is 0.840. The van der Waals surface area contributed by atoms with Gasteiger partial charge in [0.15, 0.2) is 0 Å². The number of halogens is 1. The monoisotopic (exact) mass is 319 g/mol. The summed E-state index contributed by atoms with van der Waals surface area (Å²) in [5.41, 5.74) is 2.50. The third kappa shape index (κ3) is 3.99. The maximum Gasteiger partial charge on any atom is 0.0663 e. The molecule has 1 aromatic carbocycles. The second-order valence-corrected chi connectivity index (χ2v) is 4.83. The molecule has 3 heteroatoms. The first-order valence-corrected chi connectivity index (χ1v) is 6.26. The molecule has 0 fully saturated rings. The van der Waals surface area contributed by atoms with Crippen molar-refractivity contribution in [3.8, 4) is 0 Å². The van der Waals surface area contributed by atoms with Crippen LogP contribution in [0.4, 0.5) is 5.69 Å². The molecule has 0 bridgehead atoms. The van der Waals surface area contributed by atoms with E-state index in [9.17, 15) is 0 Å². The van der Waals surface area contributed by atoms with Crippen molar-refractivity contribution in [3.63, 3.8) is 0 Å². The highest BCUT2D eigenvalue weighted by atomic mass is 127. The van der Waals surface area contributed by atoms with Gasteiger partial charge in [-0.2, -0.15) is 0 Å². The van der Waals surface area contributed by atoms with E-state index in [2.05, 4.69) is 60.0 Å². The van der Waals surface area contributed by atoms with Gasteiger partial charge in [0, 0.05) is 22.4 Å². The van der Waals surface area contributed by atoms with Crippen molar-refractivity contribution in [2.45, 2.75) is 26.3 Å². The van der Waals surface area contributed by atoms with Crippen LogP contribution in [0, 0.1) is 10.5 Å². The van der Waals surface area contributed by atoms with E-state index in [-0.39, 0.29) is 0 Å². The Labute approximate surface area is 106 Å². The molecule has 0 saturated carbocycles. The topological polar surface area (TPSA) is 21.3 Å². The number of hydrogen-bond donors (Lipinski definition) is 1. The second-order valence-electron chi connectivity index (χ2n) is 3.67. The Kier molecular flexibility index (Phi) is 5.39. The molecule has 0 aliphatic carbocycles. The predicted molar refractivity (Wildman–Crippen MR) is 73.5 cm³/mol. The minimum Gasteiger partial charge on any atom is -0.383 e. The molecule has 0 amide bonds. The van der Waals surface area contributed by atoms with Crippen molar-refractivity contribution >= 4 is 28.3 Å². The van der Waals surface area contributed by atoms with Crippen LogP contribution in [0.3, 0.4) is 0 Å². The van der Waals surface area contributed by atoms with Crippen molar-refractivity contribution in [2.75, 3.05) is 19.0 Å². The van der Waals surface area contributed by atoms with Crippen molar-refractivity contribution in [1.29, 1.82) is 0 Å². The molecule has 0 saturated heterocycles. The Balaban J connectivity index is 2.66. The number of rotatable bonds is 5. The second kappa shape index (κ2) is 6.33. The van der Waals surface area contributed by atoms with E-state index in [0.717, 1.165) is 13.0 Å². The van der Waals surface area contributed by atoms with Gasteiger partial charge in [-0.15, -0.1) is 0 Å². The lowest BCUT2D eigenvalue weighted by Crippen LogP contribution is -2.23. The lowest BCUT2D eigenvalue weighted by molar-refractivity contribution is 0.184. The van der Waals surface area contributed by atoms with Crippen LogP contribution in [0.1, 0.15) is 18.9 Å². The van der Waals surface area contributed by atoms with Crippen LogP contribution in [0.2, 0.25) is 0 Å². The first kappa shape index (κ1) is 12.8. The van der Waals surface area contributed by atoms with Crippen LogP contribution in [-0.4, -0.2) is 19.8 Å². The normalized spacial score (nSPS) is 12.5. The summed E-state index contributed by atoms with van der Waals surface area (Å²) in [5.74, 6) is 0. The highest BCUT2D eigenvalue weighted by molar-refractivity contribution is 14.1. The third-order valence-corrected chi connectivity index (χ3v) is 3.57. The molecule has 1 rings (SSSR count). The minimum atomic E-state index is 0.397. The average Bonchev–Trinajstić information content (AvgIpc) is 2.23. The van der Waals surface area contributed by atoms with E-state index in [1.165, 1.54) is 14.8 Å². The number of benzene rings is 1. The summed E-state index contributed by atoms with van der Waals surface area (Å²) in [6, 6.07) is 6.83. The minimum absolute atomic E-state index is 0.397. The van der Waals surface area contributed by atoms with Gasteiger partial charge in [-0.05, 0) is 53.6 Å². The Morgan fingerprint density at radius 1 is 1.47 bits per heavy atom. The van der Waals surface area contributed by atoms with Crippen LogP contribution in [0.15, 0.2) is 18.2 Å². The van der Waals surface area contributed by atoms with E-state index in [0.29, 0.717) is 6.04 Å². The highest BCUT2D eigenvalue weighted by Gasteiger charge is 2.05. The predicted octanol–water partition coefficient (Wildman–Crippen LogP) is 3.44. The summed E-state index contributed by atoms with van der Waals surface area (Å²) >= 11 is 2.36. The third-order valence-electron chi connectivity index (χ3n) is 2.40. The van der Waals surface area contributed by atoms with Crippen molar-refractivity contribution in [3.05, 3.63) is 27.3 Å². The molecule has 0 radical (unpaired) electrons.